The first kappa shape index (κ1) is 24.8. The van der Waals surface area contributed by atoms with E-state index in [1.807, 2.05) is 12.1 Å². The van der Waals surface area contributed by atoms with Crippen LogP contribution in [0.3, 0.4) is 0 Å². The largest absolute Gasteiger partial charge is 0.497 e. The van der Waals surface area contributed by atoms with Crippen molar-refractivity contribution in [3.8, 4) is 5.75 Å². The number of benzene rings is 1. The topological polar surface area (TPSA) is 43.3 Å². The van der Waals surface area contributed by atoms with Gasteiger partial charge in [0.15, 0.2) is 5.96 Å². The zero-order chi connectivity index (χ0) is 20.9. The molecule has 1 aromatic carbocycles. The molecular weight excluding hydrogens is 510 g/mol. The second-order valence-electron chi connectivity index (χ2n) is 7.61. The number of ether oxygens (including phenoxy) is 1. The van der Waals surface area contributed by atoms with Gasteiger partial charge in [0, 0.05) is 52.0 Å². The Labute approximate surface area is 193 Å². The summed E-state index contributed by atoms with van der Waals surface area (Å²) in [5.41, 5.74) is 1.17. The van der Waals surface area contributed by atoms with Crippen LogP contribution in [0.4, 0.5) is 18.9 Å². The predicted octanol–water partition coefficient (Wildman–Crippen LogP) is 2.89. The number of rotatable bonds is 5. The molecule has 0 aromatic heterocycles. The molecule has 30 heavy (non-hydrogen) atoms. The first-order chi connectivity index (χ1) is 13.9. The summed E-state index contributed by atoms with van der Waals surface area (Å²) < 4.78 is 42.8. The maximum atomic E-state index is 12.5. The third-order valence-corrected chi connectivity index (χ3v) is 5.55. The zero-order valence-electron chi connectivity index (χ0n) is 17.5. The number of nitrogens with zero attached hydrogens (tertiary/aromatic N) is 4. The average Bonchev–Trinajstić information content (AvgIpc) is 3.14. The van der Waals surface area contributed by atoms with Crippen molar-refractivity contribution in [2.24, 2.45) is 10.9 Å². The van der Waals surface area contributed by atoms with Crippen LogP contribution in [0, 0.1) is 5.92 Å². The molecule has 0 amide bonds. The summed E-state index contributed by atoms with van der Waals surface area (Å²) in [5.74, 6) is 1.89. The molecule has 2 fully saturated rings. The molecule has 3 rings (SSSR count). The Hall–Kier alpha value is -1.43. The third-order valence-electron chi connectivity index (χ3n) is 5.55. The van der Waals surface area contributed by atoms with E-state index >= 15 is 0 Å². The maximum absolute atomic E-state index is 12.5. The van der Waals surface area contributed by atoms with Crippen molar-refractivity contribution in [3.63, 3.8) is 0 Å². The number of hydrogen-bond acceptors (Lipinski definition) is 4. The van der Waals surface area contributed by atoms with E-state index in [2.05, 4.69) is 32.2 Å². The van der Waals surface area contributed by atoms with E-state index in [-0.39, 0.29) is 29.9 Å². The SMILES string of the molecule is CN=C(NCC1CCN(CC(F)(F)F)C1)N1CCN(c2ccc(OC)cc2)CC1.I. The Balaban J connectivity index is 0.00000320. The van der Waals surface area contributed by atoms with Crippen LogP contribution in [0.25, 0.3) is 0 Å². The van der Waals surface area contributed by atoms with Crippen molar-refractivity contribution < 1.29 is 17.9 Å². The standard InChI is InChI=1S/C20H30F3N5O.HI/c1-24-19(25-13-16-7-8-26(14-16)15-20(21,22)23)28-11-9-27(10-12-28)17-3-5-18(29-2)6-4-17;/h3-6,16H,7-15H2,1-2H3,(H,24,25);1H. The van der Waals surface area contributed by atoms with E-state index in [4.69, 9.17) is 4.74 Å². The van der Waals surface area contributed by atoms with Crippen molar-refractivity contribution in [1.82, 2.24) is 15.1 Å². The Morgan fingerprint density at radius 3 is 2.37 bits per heavy atom. The lowest BCUT2D eigenvalue weighted by Crippen LogP contribution is -2.53. The maximum Gasteiger partial charge on any atom is 0.401 e. The highest BCUT2D eigenvalue weighted by Crippen LogP contribution is 2.23. The minimum Gasteiger partial charge on any atom is -0.497 e. The number of alkyl halides is 3. The van der Waals surface area contributed by atoms with Crippen LogP contribution in [0.2, 0.25) is 0 Å². The van der Waals surface area contributed by atoms with E-state index < -0.39 is 12.7 Å². The molecule has 1 unspecified atom stereocenters. The van der Waals surface area contributed by atoms with Crippen LogP contribution in [0.15, 0.2) is 29.3 Å². The van der Waals surface area contributed by atoms with Crippen LogP contribution in [0.1, 0.15) is 6.42 Å². The highest BCUT2D eigenvalue weighted by molar-refractivity contribution is 14.0. The Bertz CT molecular complexity index is 678. The molecule has 10 heteroatoms. The molecule has 6 nitrogen and oxygen atoms in total. The number of likely N-dealkylation sites (tertiary alicyclic amines) is 1. The number of halogens is 4. The molecule has 1 atom stereocenters. The van der Waals surface area contributed by atoms with E-state index in [1.54, 1.807) is 14.2 Å². The first-order valence-electron chi connectivity index (χ1n) is 10.0. The van der Waals surface area contributed by atoms with Crippen molar-refractivity contribution >= 4 is 35.6 Å². The number of guanidine groups is 1. The molecule has 2 heterocycles. The van der Waals surface area contributed by atoms with Gasteiger partial charge in [-0.2, -0.15) is 13.2 Å². The van der Waals surface area contributed by atoms with Crippen molar-refractivity contribution in [3.05, 3.63) is 24.3 Å². The van der Waals surface area contributed by atoms with Gasteiger partial charge in [-0.1, -0.05) is 0 Å². The Morgan fingerprint density at radius 2 is 1.80 bits per heavy atom. The second kappa shape index (κ2) is 11.3. The van der Waals surface area contributed by atoms with Crippen LogP contribution in [-0.2, 0) is 0 Å². The van der Waals surface area contributed by atoms with Crippen molar-refractivity contribution in [2.75, 3.05) is 71.4 Å². The smallest absolute Gasteiger partial charge is 0.401 e. The van der Waals surface area contributed by atoms with Gasteiger partial charge in [-0.15, -0.1) is 24.0 Å². The third kappa shape index (κ3) is 7.07. The lowest BCUT2D eigenvalue weighted by Gasteiger charge is -2.38. The van der Waals surface area contributed by atoms with E-state index in [0.29, 0.717) is 19.6 Å². The fourth-order valence-electron chi connectivity index (χ4n) is 4.01. The highest BCUT2D eigenvalue weighted by atomic mass is 127. The summed E-state index contributed by atoms with van der Waals surface area (Å²) in [7, 11) is 3.41. The molecule has 0 bridgehead atoms. The molecular formula is C20H31F3IN5O. The van der Waals surface area contributed by atoms with E-state index in [9.17, 15) is 13.2 Å². The van der Waals surface area contributed by atoms with E-state index in [0.717, 1.165) is 44.3 Å². The lowest BCUT2D eigenvalue weighted by molar-refractivity contribution is -0.143. The molecule has 0 radical (unpaired) electrons. The number of aliphatic imine (C=N–C) groups is 1. The molecule has 0 spiro atoms. The van der Waals surface area contributed by atoms with Crippen LogP contribution >= 0.6 is 24.0 Å². The molecule has 1 aromatic rings. The lowest BCUT2D eigenvalue weighted by atomic mass is 10.1. The first-order valence-corrected chi connectivity index (χ1v) is 10.0. The molecule has 2 aliphatic rings. The molecule has 170 valence electrons. The van der Waals surface area contributed by atoms with Gasteiger partial charge in [0.25, 0.3) is 0 Å². The molecule has 0 aliphatic carbocycles. The predicted molar refractivity (Wildman–Crippen MR) is 124 cm³/mol. The van der Waals surface area contributed by atoms with E-state index in [1.165, 1.54) is 10.6 Å². The van der Waals surface area contributed by atoms with Gasteiger partial charge in [-0.05, 0) is 43.1 Å². The second-order valence-corrected chi connectivity index (χ2v) is 7.61. The summed E-state index contributed by atoms with van der Waals surface area (Å²) >= 11 is 0. The molecule has 2 saturated heterocycles. The zero-order valence-corrected chi connectivity index (χ0v) is 19.8. The number of piperazine rings is 1. The van der Waals surface area contributed by atoms with Crippen LogP contribution in [0.5, 0.6) is 5.75 Å². The Kier molecular flexibility index (Phi) is 9.32. The fraction of sp³-hybridized carbons (Fsp3) is 0.650. The van der Waals surface area contributed by atoms with Gasteiger partial charge >= 0.3 is 6.18 Å². The summed E-state index contributed by atoms with van der Waals surface area (Å²) in [6.45, 7) is 4.28. The van der Waals surface area contributed by atoms with Gasteiger partial charge in [-0.25, -0.2) is 0 Å². The summed E-state index contributed by atoms with van der Waals surface area (Å²) in [4.78, 5) is 10.4. The monoisotopic (exact) mass is 541 g/mol. The van der Waals surface area contributed by atoms with Crippen molar-refractivity contribution in [2.45, 2.75) is 12.6 Å². The summed E-state index contributed by atoms with van der Waals surface area (Å²) in [5, 5.41) is 3.37. The minimum absolute atomic E-state index is 0. The molecule has 0 saturated carbocycles. The van der Waals surface area contributed by atoms with Crippen LogP contribution in [-0.4, -0.2) is 88.5 Å². The average molecular weight is 541 g/mol. The summed E-state index contributed by atoms with van der Waals surface area (Å²) in [6, 6.07) is 8.06. The van der Waals surface area contributed by atoms with Gasteiger partial charge in [0.2, 0.25) is 0 Å². The van der Waals surface area contributed by atoms with Gasteiger partial charge in [-0.3, -0.25) is 9.89 Å². The number of methoxy groups -OCH3 is 1. The van der Waals surface area contributed by atoms with Crippen LogP contribution < -0.4 is 15.0 Å². The highest BCUT2D eigenvalue weighted by Gasteiger charge is 2.34. The van der Waals surface area contributed by atoms with Gasteiger partial charge < -0.3 is 19.9 Å². The molecule has 1 N–H and O–H groups in total. The fourth-order valence-corrected chi connectivity index (χ4v) is 4.01. The quantitative estimate of drug-likeness (QED) is 0.353. The number of anilines is 1. The normalized spacial score (nSPS) is 20.8. The Morgan fingerprint density at radius 1 is 1.13 bits per heavy atom. The van der Waals surface area contributed by atoms with Crippen molar-refractivity contribution in [1.29, 1.82) is 0 Å². The minimum atomic E-state index is -4.12. The number of nitrogens with one attached hydrogen (secondary N) is 1. The summed E-state index contributed by atoms with van der Waals surface area (Å²) in [6.07, 6.45) is -3.34. The van der Waals surface area contributed by atoms with Gasteiger partial charge in [0.05, 0.1) is 13.7 Å². The molecule has 2 aliphatic heterocycles. The van der Waals surface area contributed by atoms with Gasteiger partial charge in [0.1, 0.15) is 5.75 Å². The number of hydrogen-bond donors (Lipinski definition) is 1.